The number of thiophene rings is 1. The molecule has 0 fully saturated rings. The largest absolute Gasteiger partial charge is 0.494 e. The average Bonchev–Trinajstić information content (AvgIpc) is 3.29. The topological polar surface area (TPSA) is 56.1 Å². The third-order valence-electron chi connectivity index (χ3n) is 3.59. The fraction of sp³-hybridized carbons (Fsp3) is 0.176. The van der Waals surface area contributed by atoms with E-state index in [2.05, 4.69) is 10.4 Å². The number of hydrogen-bond acceptors (Lipinski definition) is 4. The smallest absolute Gasteiger partial charge is 0.251 e. The highest BCUT2D eigenvalue weighted by atomic mass is 32.1. The lowest BCUT2D eigenvalue weighted by atomic mass is 10.2. The van der Waals surface area contributed by atoms with Crippen LogP contribution in [0.1, 0.15) is 21.3 Å². The molecule has 1 atom stereocenters. The minimum absolute atomic E-state index is 0.105. The van der Waals surface area contributed by atoms with Crippen LogP contribution in [0, 0.1) is 5.82 Å². The summed E-state index contributed by atoms with van der Waals surface area (Å²) in [6, 6.07) is 9.82. The van der Waals surface area contributed by atoms with Crippen LogP contribution in [0.25, 0.3) is 0 Å². The van der Waals surface area contributed by atoms with E-state index < -0.39 is 5.82 Å². The predicted octanol–water partition coefficient (Wildman–Crippen LogP) is 3.11. The molecular formula is C17H16FN3O2S. The van der Waals surface area contributed by atoms with E-state index in [9.17, 15) is 9.18 Å². The van der Waals surface area contributed by atoms with Gasteiger partial charge < -0.3 is 10.1 Å². The molecule has 0 aliphatic heterocycles. The molecule has 124 valence electrons. The molecule has 0 unspecified atom stereocenters. The fourth-order valence-corrected chi connectivity index (χ4v) is 3.19. The van der Waals surface area contributed by atoms with Crippen molar-refractivity contribution in [3.05, 3.63) is 70.4 Å². The molecule has 3 aromatic rings. The second-order valence-corrected chi connectivity index (χ2v) is 6.06. The van der Waals surface area contributed by atoms with Gasteiger partial charge in [-0.2, -0.15) is 5.10 Å². The van der Waals surface area contributed by atoms with Crippen LogP contribution < -0.4 is 10.1 Å². The van der Waals surface area contributed by atoms with E-state index in [1.165, 1.54) is 25.3 Å². The van der Waals surface area contributed by atoms with E-state index >= 15 is 0 Å². The van der Waals surface area contributed by atoms with E-state index in [-0.39, 0.29) is 23.3 Å². The molecule has 7 heteroatoms. The lowest BCUT2D eigenvalue weighted by Crippen LogP contribution is -2.31. The average molecular weight is 345 g/mol. The van der Waals surface area contributed by atoms with Crippen LogP contribution in [0.2, 0.25) is 0 Å². The monoisotopic (exact) mass is 345 g/mol. The number of aromatic nitrogens is 2. The third-order valence-corrected chi connectivity index (χ3v) is 4.56. The van der Waals surface area contributed by atoms with Crippen molar-refractivity contribution in [3.8, 4) is 5.75 Å². The molecule has 0 radical (unpaired) electrons. The standard InChI is InChI=1S/C17H16FN3O2S/c1-23-15-6-5-12(10-13(15)18)17(22)19-11-14(16-4-2-9-24-16)21-8-3-7-20-21/h2-10,14H,11H2,1H3,(H,19,22)/t14-/m0/s1. The highest BCUT2D eigenvalue weighted by Gasteiger charge is 2.17. The highest BCUT2D eigenvalue weighted by Crippen LogP contribution is 2.22. The first-order valence-electron chi connectivity index (χ1n) is 7.33. The van der Waals surface area contributed by atoms with Crippen molar-refractivity contribution in [2.24, 2.45) is 0 Å². The minimum Gasteiger partial charge on any atom is -0.494 e. The van der Waals surface area contributed by atoms with Gasteiger partial charge >= 0.3 is 0 Å². The second-order valence-electron chi connectivity index (χ2n) is 5.08. The highest BCUT2D eigenvalue weighted by molar-refractivity contribution is 7.10. The molecule has 24 heavy (non-hydrogen) atoms. The number of rotatable bonds is 6. The Balaban J connectivity index is 1.73. The number of nitrogens with one attached hydrogen (secondary N) is 1. The van der Waals surface area contributed by atoms with E-state index in [0.29, 0.717) is 6.54 Å². The van der Waals surface area contributed by atoms with Gasteiger partial charge in [0, 0.05) is 29.4 Å². The van der Waals surface area contributed by atoms with Gasteiger partial charge in [-0.15, -0.1) is 11.3 Å². The molecular weight excluding hydrogens is 329 g/mol. The number of ether oxygens (including phenoxy) is 1. The first-order valence-corrected chi connectivity index (χ1v) is 8.21. The summed E-state index contributed by atoms with van der Waals surface area (Å²) in [6.45, 7) is 0.356. The van der Waals surface area contributed by atoms with Crippen molar-refractivity contribution in [1.29, 1.82) is 0 Å². The summed E-state index contributed by atoms with van der Waals surface area (Å²) >= 11 is 1.60. The summed E-state index contributed by atoms with van der Waals surface area (Å²) < 4.78 is 20.4. The van der Waals surface area contributed by atoms with Gasteiger partial charge in [-0.3, -0.25) is 9.48 Å². The molecule has 0 aliphatic rings. The van der Waals surface area contributed by atoms with Crippen molar-refractivity contribution < 1.29 is 13.9 Å². The van der Waals surface area contributed by atoms with E-state index in [1.54, 1.807) is 22.2 Å². The van der Waals surface area contributed by atoms with Crippen LogP contribution >= 0.6 is 11.3 Å². The maximum absolute atomic E-state index is 13.7. The molecule has 1 amide bonds. The van der Waals surface area contributed by atoms with Crippen molar-refractivity contribution in [1.82, 2.24) is 15.1 Å². The van der Waals surface area contributed by atoms with Gasteiger partial charge in [0.1, 0.15) is 6.04 Å². The third kappa shape index (κ3) is 3.46. The lowest BCUT2D eigenvalue weighted by Gasteiger charge is -2.17. The van der Waals surface area contributed by atoms with Gasteiger partial charge in [-0.1, -0.05) is 6.07 Å². The summed E-state index contributed by atoms with van der Waals surface area (Å²) in [7, 11) is 1.38. The van der Waals surface area contributed by atoms with Crippen molar-refractivity contribution in [2.45, 2.75) is 6.04 Å². The van der Waals surface area contributed by atoms with Gasteiger partial charge in [0.2, 0.25) is 0 Å². The van der Waals surface area contributed by atoms with E-state index in [0.717, 1.165) is 4.88 Å². The molecule has 0 bridgehead atoms. The summed E-state index contributed by atoms with van der Waals surface area (Å²) in [5.74, 6) is -0.795. The zero-order valence-electron chi connectivity index (χ0n) is 13.0. The predicted molar refractivity (Wildman–Crippen MR) is 90.0 cm³/mol. The number of hydrogen-bond donors (Lipinski definition) is 1. The second kappa shape index (κ2) is 7.27. The number of nitrogens with zero attached hydrogens (tertiary/aromatic N) is 2. The summed E-state index contributed by atoms with van der Waals surface area (Å²) in [5, 5.41) is 9.07. The van der Waals surface area contributed by atoms with Gasteiger partial charge in [0.25, 0.3) is 5.91 Å². The van der Waals surface area contributed by atoms with Crippen molar-refractivity contribution in [3.63, 3.8) is 0 Å². The van der Waals surface area contributed by atoms with Crippen LogP contribution in [-0.2, 0) is 0 Å². The van der Waals surface area contributed by atoms with Gasteiger partial charge in [0.15, 0.2) is 11.6 Å². The van der Waals surface area contributed by atoms with Crippen LogP contribution in [0.4, 0.5) is 4.39 Å². The Morgan fingerprint density at radius 3 is 2.92 bits per heavy atom. The molecule has 1 N–H and O–H groups in total. The van der Waals surface area contributed by atoms with Gasteiger partial charge in [-0.05, 0) is 35.7 Å². The van der Waals surface area contributed by atoms with Gasteiger partial charge in [0.05, 0.1) is 7.11 Å². The quantitative estimate of drug-likeness (QED) is 0.747. The minimum atomic E-state index is -0.563. The van der Waals surface area contributed by atoms with Crippen LogP contribution in [-0.4, -0.2) is 29.3 Å². The number of halogens is 1. The maximum Gasteiger partial charge on any atom is 0.251 e. The number of amides is 1. The number of carbonyl (C=O) groups is 1. The molecule has 0 saturated heterocycles. The lowest BCUT2D eigenvalue weighted by molar-refractivity contribution is 0.0949. The Bertz CT molecular complexity index is 769. The number of methoxy groups -OCH3 is 1. The Labute approximate surface area is 142 Å². The summed E-state index contributed by atoms with van der Waals surface area (Å²) in [6.07, 6.45) is 3.55. The molecule has 0 spiro atoms. The summed E-state index contributed by atoms with van der Waals surface area (Å²) in [5.41, 5.74) is 0.249. The zero-order valence-corrected chi connectivity index (χ0v) is 13.8. The Morgan fingerprint density at radius 2 is 2.29 bits per heavy atom. The number of carbonyl (C=O) groups excluding carboxylic acids is 1. The molecule has 5 nitrogen and oxygen atoms in total. The Hall–Kier alpha value is -2.67. The molecule has 2 heterocycles. The van der Waals surface area contributed by atoms with Crippen LogP contribution in [0.3, 0.4) is 0 Å². The number of benzene rings is 1. The van der Waals surface area contributed by atoms with E-state index in [4.69, 9.17) is 4.74 Å². The Kier molecular flexibility index (Phi) is 4.90. The zero-order chi connectivity index (χ0) is 16.9. The molecule has 3 rings (SSSR count). The van der Waals surface area contributed by atoms with Crippen LogP contribution in [0.15, 0.2) is 54.2 Å². The van der Waals surface area contributed by atoms with E-state index in [1.807, 2.05) is 29.8 Å². The van der Waals surface area contributed by atoms with Crippen molar-refractivity contribution >= 4 is 17.2 Å². The molecule has 0 saturated carbocycles. The first-order chi connectivity index (χ1) is 11.7. The SMILES string of the molecule is COc1ccc(C(=O)NC[C@@H](c2cccs2)n2cccn2)cc1F. The molecule has 1 aromatic carbocycles. The van der Waals surface area contributed by atoms with Crippen LogP contribution in [0.5, 0.6) is 5.75 Å². The first kappa shape index (κ1) is 16.2. The molecule has 0 aliphatic carbocycles. The summed E-state index contributed by atoms with van der Waals surface area (Å²) in [4.78, 5) is 13.4. The maximum atomic E-state index is 13.7. The van der Waals surface area contributed by atoms with Gasteiger partial charge in [-0.25, -0.2) is 4.39 Å². The van der Waals surface area contributed by atoms with Crippen molar-refractivity contribution in [2.75, 3.05) is 13.7 Å². The fourth-order valence-electron chi connectivity index (χ4n) is 2.37. The molecule has 2 aromatic heterocycles. The normalized spacial score (nSPS) is 11.9. The Morgan fingerprint density at radius 1 is 1.42 bits per heavy atom.